The average Bonchev–Trinajstić information content (AvgIpc) is 2.65. The Morgan fingerprint density at radius 3 is 2.40 bits per heavy atom. The number of nitrogens with one attached hydrogen (secondary N) is 3. The second-order valence-corrected chi connectivity index (χ2v) is 5.18. The van der Waals surface area contributed by atoms with E-state index in [1.807, 2.05) is 0 Å². The van der Waals surface area contributed by atoms with E-state index in [0.717, 1.165) is 0 Å². The van der Waals surface area contributed by atoms with E-state index >= 15 is 0 Å². The molecule has 3 aromatic rings. The lowest BCUT2D eigenvalue weighted by atomic mass is 10.2. The van der Waals surface area contributed by atoms with Crippen LogP contribution in [-0.2, 0) is 0 Å². The maximum atomic E-state index is 12.1. The molecule has 1 aromatic carbocycles. The molecule has 0 atom stereocenters. The monoisotopic (exact) mass is 337 g/mol. The van der Waals surface area contributed by atoms with Gasteiger partial charge in [-0.25, -0.2) is 4.98 Å². The van der Waals surface area contributed by atoms with Gasteiger partial charge < -0.3 is 15.6 Å². The molecule has 8 heteroatoms. The zero-order valence-electron chi connectivity index (χ0n) is 13.2. The third-order valence-electron chi connectivity index (χ3n) is 3.47. The van der Waals surface area contributed by atoms with Crippen LogP contribution in [0.1, 0.15) is 21.0 Å². The number of para-hydroxylation sites is 1. The van der Waals surface area contributed by atoms with Crippen molar-refractivity contribution in [3.8, 4) is 0 Å². The maximum Gasteiger partial charge on any atom is 0.287 e. The fraction of sp³-hybridized carbons (Fsp3) is 0.118. The van der Waals surface area contributed by atoms with Crippen molar-refractivity contribution in [2.24, 2.45) is 0 Å². The van der Waals surface area contributed by atoms with Gasteiger partial charge in [-0.3, -0.25) is 19.4 Å². The van der Waals surface area contributed by atoms with E-state index in [0.29, 0.717) is 16.5 Å². The third kappa shape index (κ3) is 3.86. The van der Waals surface area contributed by atoms with Gasteiger partial charge >= 0.3 is 0 Å². The second-order valence-electron chi connectivity index (χ2n) is 5.18. The molecule has 3 N–H and O–H groups in total. The first-order valence-electron chi connectivity index (χ1n) is 7.60. The van der Waals surface area contributed by atoms with Gasteiger partial charge in [0, 0.05) is 31.0 Å². The van der Waals surface area contributed by atoms with Crippen LogP contribution in [0, 0.1) is 0 Å². The predicted molar refractivity (Wildman–Crippen MR) is 91.3 cm³/mol. The number of carbonyl (C=O) groups is 2. The van der Waals surface area contributed by atoms with Crippen LogP contribution in [0.3, 0.4) is 0 Å². The van der Waals surface area contributed by atoms with Crippen LogP contribution >= 0.6 is 0 Å². The van der Waals surface area contributed by atoms with Gasteiger partial charge in [-0.05, 0) is 24.3 Å². The molecule has 2 amide bonds. The van der Waals surface area contributed by atoms with Crippen molar-refractivity contribution in [3.05, 3.63) is 70.5 Å². The Balaban J connectivity index is 1.56. The summed E-state index contributed by atoms with van der Waals surface area (Å²) in [6.45, 7) is 0.441. The number of rotatable bonds is 5. The number of benzene rings is 1. The Hall–Kier alpha value is -3.55. The van der Waals surface area contributed by atoms with Gasteiger partial charge in [0.25, 0.3) is 17.4 Å². The van der Waals surface area contributed by atoms with Crippen LogP contribution < -0.4 is 16.2 Å². The molecule has 0 spiro atoms. The summed E-state index contributed by atoms with van der Waals surface area (Å²) in [5.41, 5.74) is 0.561. The molecule has 0 saturated carbocycles. The summed E-state index contributed by atoms with van der Waals surface area (Å²) in [6.07, 6.45) is 3.05. The van der Waals surface area contributed by atoms with Gasteiger partial charge in [0.1, 0.15) is 0 Å². The maximum absolute atomic E-state index is 12.1. The number of H-pyrrole nitrogens is 1. The van der Waals surface area contributed by atoms with Gasteiger partial charge in [0.05, 0.1) is 10.9 Å². The molecule has 0 aliphatic rings. The molecular formula is C17H15N5O3. The van der Waals surface area contributed by atoms with E-state index in [2.05, 4.69) is 25.6 Å². The molecule has 8 nitrogen and oxygen atoms in total. The van der Waals surface area contributed by atoms with E-state index in [1.165, 1.54) is 12.4 Å². The Morgan fingerprint density at radius 2 is 1.64 bits per heavy atom. The minimum absolute atomic E-state index is 0.0656. The van der Waals surface area contributed by atoms with Crippen molar-refractivity contribution in [1.82, 2.24) is 25.6 Å². The number of nitrogens with zero attached hydrogens (tertiary/aromatic N) is 2. The molecule has 0 aliphatic heterocycles. The first-order valence-corrected chi connectivity index (χ1v) is 7.60. The van der Waals surface area contributed by atoms with Crippen LogP contribution in [0.2, 0.25) is 0 Å². The lowest BCUT2D eigenvalue weighted by Crippen LogP contribution is -2.36. The van der Waals surface area contributed by atoms with E-state index in [9.17, 15) is 14.4 Å². The number of hydrogen-bond donors (Lipinski definition) is 3. The van der Waals surface area contributed by atoms with E-state index in [-0.39, 0.29) is 30.4 Å². The van der Waals surface area contributed by atoms with Crippen molar-refractivity contribution < 1.29 is 9.59 Å². The van der Waals surface area contributed by atoms with Crippen molar-refractivity contribution in [2.75, 3.05) is 13.1 Å². The van der Waals surface area contributed by atoms with E-state index < -0.39 is 5.91 Å². The molecule has 0 bridgehead atoms. The lowest BCUT2D eigenvalue weighted by molar-refractivity contribution is 0.0922. The molecule has 0 radical (unpaired) electrons. The summed E-state index contributed by atoms with van der Waals surface area (Å²) >= 11 is 0. The van der Waals surface area contributed by atoms with Crippen LogP contribution in [0.25, 0.3) is 10.9 Å². The smallest absolute Gasteiger partial charge is 0.287 e. The predicted octanol–water partition coefficient (Wildman–Crippen LogP) is 0.478. The normalized spacial score (nSPS) is 10.4. The molecule has 2 aromatic heterocycles. The highest BCUT2D eigenvalue weighted by atomic mass is 16.2. The average molecular weight is 337 g/mol. The molecule has 2 heterocycles. The fourth-order valence-electron chi connectivity index (χ4n) is 2.24. The number of fused-ring (bicyclic) bond motifs is 1. The second kappa shape index (κ2) is 7.35. The standard InChI is InChI=1S/C17H15N5O3/c23-15(11-5-7-18-8-6-11)19-9-10-20-17(25)14-21-13-4-2-1-3-12(13)16(24)22-14/h1-8H,9-10H2,(H,19,23)(H,20,25)(H,21,22,24). The third-order valence-corrected chi connectivity index (χ3v) is 3.47. The summed E-state index contributed by atoms with van der Waals surface area (Å²) in [4.78, 5) is 46.3. The highest BCUT2D eigenvalue weighted by molar-refractivity contribution is 5.94. The zero-order chi connectivity index (χ0) is 17.6. The number of hydrogen-bond acceptors (Lipinski definition) is 5. The van der Waals surface area contributed by atoms with E-state index in [1.54, 1.807) is 36.4 Å². The van der Waals surface area contributed by atoms with Crippen molar-refractivity contribution in [3.63, 3.8) is 0 Å². The Bertz CT molecular complexity index is 969. The number of carbonyl (C=O) groups excluding carboxylic acids is 2. The largest absolute Gasteiger partial charge is 0.350 e. The molecule has 0 fully saturated rings. The van der Waals surface area contributed by atoms with Crippen LogP contribution in [0.4, 0.5) is 0 Å². The molecule has 0 unspecified atom stereocenters. The highest BCUT2D eigenvalue weighted by Crippen LogP contribution is 2.05. The first kappa shape index (κ1) is 16.3. The molecule has 0 aliphatic carbocycles. The molecule has 0 saturated heterocycles. The fourth-order valence-corrected chi connectivity index (χ4v) is 2.24. The summed E-state index contributed by atoms with van der Waals surface area (Å²) in [5, 5.41) is 5.69. The molecule has 126 valence electrons. The number of aromatic nitrogens is 3. The molecular weight excluding hydrogens is 322 g/mol. The van der Waals surface area contributed by atoms with Crippen molar-refractivity contribution in [2.45, 2.75) is 0 Å². The topological polar surface area (TPSA) is 117 Å². The Kier molecular flexibility index (Phi) is 4.79. The summed E-state index contributed by atoms with van der Waals surface area (Å²) in [6, 6.07) is 9.96. The minimum Gasteiger partial charge on any atom is -0.350 e. The molecule has 25 heavy (non-hydrogen) atoms. The van der Waals surface area contributed by atoms with Crippen LogP contribution in [0.5, 0.6) is 0 Å². The van der Waals surface area contributed by atoms with Gasteiger partial charge in [-0.1, -0.05) is 12.1 Å². The lowest BCUT2D eigenvalue weighted by Gasteiger charge is -2.07. The van der Waals surface area contributed by atoms with Crippen molar-refractivity contribution >= 4 is 22.7 Å². The van der Waals surface area contributed by atoms with Crippen molar-refractivity contribution in [1.29, 1.82) is 0 Å². The molecule has 3 rings (SSSR count). The van der Waals surface area contributed by atoms with Crippen LogP contribution in [-0.4, -0.2) is 39.9 Å². The Labute approximate surface area is 142 Å². The van der Waals surface area contributed by atoms with Gasteiger partial charge in [0.2, 0.25) is 0 Å². The van der Waals surface area contributed by atoms with Gasteiger partial charge in [-0.2, -0.15) is 0 Å². The van der Waals surface area contributed by atoms with Gasteiger partial charge in [-0.15, -0.1) is 0 Å². The number of aromatic amines is 1. The van der Waals surface area contributed by atoms with Crippen LogP contribution in [0.15, 0.2) is 53.6 Å². The number of amides is 2. The zero-order valence-corrected chi connectivity index (χ0v) is 13.2. The minimum atomic E-state index is -0.513. The summed E-state index contributed by atoms with van der Waals surface area (Å²) in [7, 11) is 0. The first-order chi connectivity index (χ1) is 12.1. The SMILES string of the molecule is O=C(NCCNC(=O)c1nc2ccccc2c(=O)[nH]1)c1ccncc1. The van der Waals surface area contributed by atoms with Gasteiger partial charge in [0.15, 0.2) is 5.82 Å². The summed E-state index contributed by atoms with van der Waals surface area (Å²) in [5.74, 6) is -0.834. The Morgan fingerprint density at radius 1 is 0.960 bits per heavy atom. The number of pyridine rings is 1. The highest BCUT2D eigenvalue weighted by Gasteiger charge is 2.11. The quantitative estimate of drug-likeness (QED) is 0.585. The van der Waals surface area contributed by atoms with E-state index in [4.69, 9.17) is 0 Å². The summed E-state index contributed by atoms with van der Waals surface area (Å²) < 4.78 is 0.